The molecular formula is C22H20F3N3O8S. The normalized spacial score (nSPS) is 25.4. The molecule has 4 rings (SSSR count). The molecule has 11 nitrogen and oxygen atoms in total. The highest BCUT2D eigenvalue weighted by atomic mass is 32.2. The van der Waals surface area contributed by atoms with Crippen LogP contribution in [0.25, 0.3) is 0 Å². The average Bonchev–Trinajstić information content (AvgIpc) is 3.49. The number of amides is 2. The number of ether oxygens (including phenoxy) is 1. The lowest BCUT2D eigenvalue weighted by Gasteiger charge is -2.31. The van der Waals surface area contributed by atoms with Crippen LogP contribution < -0.4 is 10.1 Å². The molecule has 0 radical (unpaired) electrons. The predicted molar refractivity (Wildman–Crippen MR) is 120 cm³/mol. The summed E-state index contributed by atoms with van der Waals surface area (Å²) in [6.07, 6.45) is -3.30. The van der Waals surface area contributed by atoms with Crippen LogP contribution in [0.15, 0.2) is 40.8 Å². The van der Waals surface area contributed by atoms with E-state index in [1.54, 1.807) is 6.26 Å². The summed E-state index contributed by atoms with van der Waals surface area (Å²) in [6.45, 7) is -0.472. The van der Waals surface area contributed by atoms with Gasteiger partial charge in [-0.2, -0.15) is 11.8 Å². The van der Waals surface area contributed by atoms with Gasteiger partial charge in [0.1, 0.15) is 22.0 Å². The van der Waals surface area contributed by atoms with E-state index in [0.717, 1.165) is 23.1 Å². The van der Waals surface area contributed by atoms with E-state index in [9.17, 15) is 42.8 Å². The summed E-state index contributed by atoms with van der Waals surface area (Å²) >= 11 is 1.32. The number of carbonyl (C=O) groups excluding carboxylic acids is 2. The fourth-order valence-corrected chi connectivity index (χ4v) is 5.44. The monoisotopic (exact) mass is 543 g/mol. The number of aliphatic carboxylic acids is 1. The highest BCUT2D eigenvalue weighted by Gasteiger charge is 2.68. The van der Waals surface area contributed by atoms with Gasteiger partial charge in [0.25, 0.3) is 0 Å². The fourth-order valence-electron chi connectivity index (χ4n) is 4.91. The molecule has 0 spiro atoms. The maximum atomic E-state index is 13.5. The summed E-state index contributed by atoms with van der Waals surface area (Å²) in [6, 6.07) is 5.89. The van der Waals surface area contributed by atoms with Crippen molar-refractivity contribution >= 4 is 35.4 Å². The Morgan fingerprint density at radius 3 is 2.62 bits per heavy atom. The molecule has 2 aliphatic rings. The summed E-state index contributed by atoms with van der Waals surface area (Å²) in [5.41, 5.74) is -1.77. The highest BCUT2D eigenvalue weighted by Crippen LogP contribution is 2.51. The Kier molecular flexibility index (Phi) is 6.94. The van der Waals surface area contributed by atoms with E-state index < -0.39 is 70.7 Å². The Morgan fingerprint density at radius 2 is 2.03 bits per heavy atom. The first-order chi connectivity index (χ1) is 17.4. The van der Waals surface area contributed by atoms with Crippen LogP contribution in [0.4, 0.5) is 19.1 Å². The minimum atomic E-state index is -4.98. The van der Waals surface area contributed by atoms with Gasteiger partial charge < -0.3 is 14.3 Å². The molecule has 4 atom stereocenters. The van der Waals surface area contributed by atoms with Crippen molar-refractivity contribution in [3.8, 4) is 5.75 Å². The lowest BCUT2D eigenvalue weighted by molar-refractivity contribution is -0.402. The first-order valence-corrected chi connectivity index (χ1v) is 12.2. The number of hydrogen-bond donors (Lipinski definition) is 2. The zero-order valence-electron chi connectivity index (χ0n) is 19.1. The van der Waals surface area contributed by atoms with E-state index in [1.807, 2.05) is 0 Å². The van der Waals surface area contributed by atoms with E-state index >= 15 is 0 Å². The topological polar surface area (TPSA) is 152 Å². The number of imide groups is 1. The lowest BCUT2D eigenvalue weighted by atomic mass is 9.78. The molecule has 4 unspecified atom stereocenters. The third-order valence-corrected chi connectivity index (χ3v) is 7.03. The third-order valence-electron chi connectivity index (χ3n) is 6.42. The van der Waals surface area contributed by atoms with E-state index in [-0.39, 0.29) is 17.7 Å². The molecule has 2 amide bonds. The maximum Gasteiger partial charge on any atom is 0.573 e. The van der Waals surface area contributed by atoms with E-state index in [1.165, 1.54) is 30.0 Å². The van der Waals surface area contributed by atoms with Crippen LogP contribution in [0.1, 0.15) is 23.8 Å². The Bertz CT molecular complexity index is 1250. The molecule has 198 valence electrons. The summed E-state index contributed by atoms with van der Waals surface area (Å²) in [5.74, 6) is -6.58. The lowest BCUT2D eigenvalue weighted by Crippen LogP contribution is -2.56. The average molecular weight is 543 g/mol. The van der Waals surface area contributed by atoms with Crippen molar-refractivity contribution in [3.63, 3.8) is 0 Å². The molecular weight excluding hydrogens is 523 g/mol. The first-order valence-electron chi connectivity index (χ1n) is 10.8. The van der Waals surface area contributed by atoms with Crippen LogP contribution in [0.5, 0.6) is 5.75 Å². The Balaban J connectivity index is 1.75. The molecule has 2 saturated heterocycles. The Morgan fingerprint density at radius 1 is 1.30 bits per heavy atom. The minimum absolute atomic E-state index is 0.0566. The standard InChI is InChI=1S/C22H20F3N3O8S/c1-37-8-7-21(20(31)32)16-15(17(26-21)11-3-2-4-12(9-11)36-22(23,24)25)18(29)27(19(16)30)10-13-5-6-14(35-13)28(33)34/h2-6,9,15-17,26H,7-8,10H2,1H3,(H,31,32). The molecule has 37 heavy (non-hydrogen) atoms. The van der Waals surface area contributed by atoms with Crippen molar-refractivity contribution in [2.75, 3.05) is 12.0 Å². The number of rotatable bonds is 9. The van der Waals surface area contributed by atoms with Gasteiger partial charge in [-0.15, -0.1) is 13.2 Å². The van der Waals surface area contributed by atoms with Crippen LogP contribution >= 0.6 is 11.8 Å². The SMILES string of the molecule is CSCCC1(C(=O)O)NC(c2cccc(OC(F)(F)F)c2)C2C(=O)N(Cc3ccc([N+](=O)[O-])o3)C(=O)C21. The quantitative estimate of drug-likeness (QED) is 0.274. The van der Waals surface area contributed by atoms with Gasteiger partial charge in [-0.25, -0.2) is 0 Å². The second-order valence-corrected chi connectivity index (χ2v) is 9.51. The van der Waals surface area contributed by atoms with Crippen molar-refractivity contribution in [1.82, 2.24) is 10.2 Å². The number of thioether (sulfide) groups is 1. The molecule has 15 heteroatoms. The number of benzene rings is 1. The number of carbonyl (C=O) groups is 3. The number of halogens is 3. The number of carboxylic acids is 1. The van der Waals surface area contributed by atoms with Gasteiger partial charge in [0.2, 0.25) is 11.8 Å². The number of furan rings is 1. The van der Waals surface area contributed by atoms with Gasteiger partial charge in [0.15, 0.2) is 0 Å². The number of nitro groups is 1. The molecule has 0 saturated carbocycles. The van der Waals surface area contributed by atoms with Gasteiger partial charge in [-0.05, 0) is 42.2 Å². The first kappa shape index (κ1) is 26.5. The van der Waals surface area contributed by atoms with Crippen LogP contribution in [0.2, 0.25) is 0 Å². The van der Waals surface area contributed by atoms with Gasteiger partial charge in [-0.3, -0.25) is 34.7 Å². The zero-order valence-corrected chi connectivity index (χ0v) is 19.9. The summed E-state index contributed by atoms with van der Waals surface area (Å²) in [7, 11) is 0. The number of carboxylic acid groups (broad SMARTS) is 1. The molecule has 2 aliphatic heterocycles. The second-order valence-electron chi connectivity index (χ2n) is 8.52. The molecule has 3 heterocycles. The van der Waals surface area contributed by atoms with Gasteiger partial charge >= 0.3 is 18.2 Å². The maximum absolute atomic E-state index is 13.5. The summed E-state index contributed by atoms with van der Waals surface area (Å²) in [4.78, 5) is 50.5. The molecule has 0 aliphatic carbocycles. The summed E-state index contributed by atoms with van der Waals surface area (Å²) in [5, 5.41) is 24.0. The fraction of sp³-hybridized carbons (Fsp3) is 0.409. The highest BCUT2D eigenvalue weighted by molar-refractivity contribution is 7.98. The van der Waals surface area contributed by atoms with Crippen molar-refractivity contribution in [2.45, 2.75) is 30.9 Å². The predicted octanol–water partition coefficient (Wildman–Crippen LogP) is 3.11. The van der Waals surface area contributed by atoms with E-state index in [2.05, 4.69) is 10.1 Å². The number of nitrogens with zero attached hydrogens (tertiary/aromatic N) is 2. The minimum Gasteiger partial charge on any atom is -0.480 e. The van der Waals surface area contributed by atoms with Crippen LogP contribution in [0, 0.1) is 22.0 Å². The molecule has 2 N–H and O–H groups in total. The van der Waals surface area contributed by atoms with Crippen molar-refractivity contribution in [3.05, 3.63) is 57.8 Å². The van der Waals surface area contributed by atoms with Crippen molar-refractivity contribution < 1.29 is 46.7 Å². The van der Waals surface area contributed by atoms with Gasteiger partial charge in [-0.1, -0.05) is 12.1 Å². The van der Waals surface area contributed by atoms with Gasteiger partial charge in [0.05, 0.1) is 24.4 Å². The summed E-state index contributed by atoms with van der Waals surface area (Å²) < 4.78 is 47.4. The second kappa shape index (κ2) is 9.70. The number of hydrogen-bond acceptors (Lipinski definition) is 9. The Hall–Kier alpha value is -3.59. The van der Waals surface area contributed by atoms with Crippen LogP contribution in [-0.2, 0) is 20.9 Å². The van der Waals surface area contributed by atoms with Crippen LogP contribution in [0.3, 0.4) is 0 Å². The van der Waals surface area contributed by atoms with Gasteiger partial charge in [0, 0.05) is 6.04 Å². The molecule has 0 bridgehead atoms. The largest absolute Gasteiger partial charge is 0.573 e. The number of alkyl halides is 3. The van der Waals surface area contributed by atoms with E-state index in [0.29, 0.717) is 5.75 Å². The molecule has 2 aromatic rings. The number of nitrogens with one attached hydrogen (secondary N) is 1. The van der Waals surface area contributed by atoms with Crippen molar-refractivity contribution in [1.29, 1.82) is 0 Å². The van der Waals surface area contributed by atoms with Crippen molar-refractivity contribution in [2.24, 2.45) is 11.8 Å². The smallest absolute Gasteiger partial charge is 0.480 e. The number of fused-ring (bicyclic) bond motifs is 1. The third kappa shape index (κ3) is 4.87. The zero-order chi connectivity index (χ0) is 27.1. The number of likely N-dealkylation sites (tertiary alicyclic amines) is 1. The molecule has 1 aromatic heterocycles. The molecule has 2 fully saturated rings. The van der Waals surface area contributed by atoms with E-state index in [4.69, 9.17) is 4.42 Å². The molecule has 1 aromatic carbocycles. The Labute approximate surface area is 211 Å². The van der Waals surface area contributed by atoms with Crippen LogP contribution in [-0.4, -0.2) is 56.6 Å².